The van der Waals surface area contributed by atoms with Crippen LogP contribution in [0.1, 0.15) is 42.4 Å². The predicted molar refractivity (Wildman–Crippen MR) is 91.0 cm³/mol. The van der Waals surface area contributed by atoms with E-state index in [1.54, 1.807) is 22.3 Å². The fourth-order valence-electron chi connectivity index (χ4n) is 3.31. The lowest BCUT2D eigenvalue weighted by molar-refractivity contribution is -0.138. The molecule has 124 valence electrons. The van der Waals surface area contributed by atoms with Crippen LogP contribution in [0.3, 0.4) is 0 Å². The molecule has 6 heteroatoms. The highest BCUT2D eigenvalue weighted by Crippen LogP contribution is 2.28. The molecule has 2 heterocycles. The number of hydrogen-bond donors (Lipinski definition) is 0. The van der Waals surface area contributed by atoms with E-state index in [2.05, 4.69) is 34.0 Å². The average molecular weight is 332 g/mol. The summed E-state index contributed by atoms with van der Waals surface area (Å²) in [6.07, 6.45) is 7.91. The van der Waals surface area contributed by atoms with E-state index < -0.39 is 0 Å². The van der Waals surface area contributed by atoms with E-state index in [4.69, 9.17) is 0 Å². The molecule has 0 radical (unpaired) electrons. The van der Waals surface area contributed by atoms with Gasteiger partial charge in [0.25, 0.3) is 0 Å². The van der Waals surface area contributed by atoms with Gasteiger partial charge in [0, 0.05) is 15.8 Å². The Kier molecular flexibility index (Phi) is 5.10. The zero-order chi connectivity index (χ0) is 16.2. The molecule has 1 fully saturated rings. The summed E-state index contributed by atoms with van der Waals surface area (Å²) in [5.74, 6) is 0.150. The lowest BCUT2D eigenvalue weighted by Gasteiger charge is -2.31. The molecule has 0 spiro atoms. The smallest absolute Gasteiger partial charge is 0.227 e. The van der Waals surface area contributed by atoms with Gasteiger partial charge in [0.05, 0.1) is 19.0 Å². The molecule has 0 N–H and O–H groups in total. The summed E-state index contributed by atoms with van der Waals surface area (Å²) in [4.78, 5) is 21.7. The van der Waals surface area contributed by atoms with Crippen LogP contribution >= 0.6 is 11.3 Å². The van der Waals surface area contributed by atoms with Crippen molar-refractivity contribution in [3.8, 4) is 0 Å². The molecule has 2 aromatic heterocycles. The van der Waals surface area contributed by atoms with E-state index in [1.165, 1.54) is 28.9 Å². The van der Waals surface area contributed by atoms with Gasteiger partial charge in [-0.15, -0.1) is 11.3 Å². The van der Waals surface area contributed by atoms with E-state index >= 15 is 0 Å². The Bertz CT molecular complexity index is 631. The molecule has 0 aliphatic heterocycles. The molecular weight excluding hydrogens is 308 g/mol. The summed E-state index contributed by atoms with van der Waals surface area (Å²) in [6, 6.07) is 4.68. The van der Waals surface area contributed by atoms with Crippen LogP contribution in [-0.2, 0) is 17.9 Å². The lowest BCUT2D eigenvalue weighted by atomic mass is 10.1. The molecule has 1 aliphatic rings. The largest absolute Gasteiger partial charge is 0.334 e. The maximum atomic E-state index is 13.0. The van der Waals surface area contributed by atoms with Crippen LogP contribution < -0.4 is 0 Å². The van der Waals surface area contributed by atoms with E-state index in [9.17, 15) is 4.79 Å². The monoisotopic (exact) mass is 332 g/mol. The van der Waals surface area contributed by atoms with Gasteiger partial charge in [-0.25, -0.2) is 4.98 Å². The van der Waals surface area contributed by atoms with E-state index in [0.29, 0.717) is 12.6 Å². The summed E-state index contributed by atoms with van der Waals surface area (Å²) < 4.78 is 1.74. The third kappa shape index (κ3) is 3.99. The highest BCUT2D eigenvalue weighted by atomic mass is 32.1. The first-order valence-corrected chi connectivity index (χ1v) is 9.13. The van der Waals surface area contributed by atoms with E-state index in [1.807, 2.05) is 6.92 Å². The minimum atomic E-state index is -0.0849. The van der Waals surface area contributed by atoms with Crippen LogP contribution in [0.4, 0.5) is 0 Å². The Labute approximate surface area is 141 Å². The number of hydrogen-bond acceptors (Lipinski definition) is 4. The lowest BCUT2D eigenvalue weighted by Crippen LogP contribution is -2.42. The van der Waals surface area contributed by atoms with Gasteiger partial charge in [-0.3, -0.25) is 9.48 Å². The second kappa shape index (κ2) is 7.25. The summed E-state index contributed by atoms with van der Waals surface area (Å²) in [6.45, 7) is 5.43. The molecule has 5 nitrogen and oxygen atoms in total. The summed E-state index contributed by atoms with van der Waals surface area (Å²) in [5, 5.41) is 4.12. The maximum Gasteiger partial charge on any atom is 0.227 e. The van der Waals surface area contributed by atoms with Crippen LogP contribution in [0.15, 0.2) is 24.8 Å². The molecule has 1 amide bonds. The topological polar surface area (TPSA) is 51.0 Å². The molecular formula is C17H24N4OS. The predicted octanol–water partition coefficient (Wildman–Crippen LogP) is 3.26. The maximum absolute atomic E-state index is 13.0. The highest BCUT2D eigenvalue weighted by molar-refractivity contribution is 7.11. The fourth-order valence-corrected chi connectivity index (χ4v) is 4.20. The van der Waals surface area contributed by atoms with Gasteiger partial charge >= 0.3 is 0 Å². The SMILES string of the molecule is Cc1ccc(CN(C(=O)[C@H](C)Cn2cncn2)C2CCCC2)s1. The first-order valence-electron chi connectivity index (χ1n) is 8.31. The van der Waals surface area contributed by atoms with Crippen molar-refractivity contribution in [2.24, 2.45) is 5.92 Å². The van der Waals surface area contributed by atoms with Crippen molar-refractivity contribution in [3.05, 3.63) is 34.5 Å². The first kappa shape index (κ1) is 16.2. The Morgan fingerprint density at radius 2 is 2.22 bits per heavy atom. The Morgan fingerprint density at radius 1 is 1.43 bits per heavy atom. The molecule has 1 atom stereocenters. The fraction of sp³-hybridized carbons (Fsp3) is 0.588. The number of thiophene rings is 1. The van der Waals surface area contributed by atoms with Crippen molar-refractivity contribution in [1.82, 2.24) is 19.7 Å². The van der Waals surface area contributed by atoms with Crippen molar-refractivity contribution < 1.29 is 4.79 Å². The summed E-state index contributed by atoms with van der Waals surface area (Å²) in [5.41, 5.74) is 0. The Hall–Kier alpha value is -1.69. The van der Waals surface area contributed by atoms with Crippen molar-refractivity contribution >= 4 is 17.2 Å². The average Bonchev–Trinajstić information content (AvgIpc) is 3.26. The quantitative estimate of drug-likeness (QED) is 0.816. The van der Waals surface area contributed by atoms with Gasteiger partial charge in [0.1, 0.15) is 12.7 Å². The van der Waals surface area contributed by atoms with Crippen LogP contribution in [0.2, 0.25) is 0 Å². The number of aryl methyl sites for hydroxylation is 1. The molecule has 0 saturated heterocycles. The zero-order valence-corrected chi connectivity index (χ0v) is 14.6. The van der Waals surface area contributed by atoms with Crippen molar-refractivity contribution in [2.45, 2.75) is 58.7 Å². The minimum Gasteiger partial charge on any atom is -0.334 e. The minimum absolute atomic E-state index is 0.0849. The van der Waals surface area contributed by atoms with E-state index in [-0.39, 0.29) is 11.8 Å². The number of nitrogens with zero attached hydrogens (tertiary/aromatic N) is 4. The highest BCUT2D eigenvalue weighted by Gasteiger charge is 2.30. The summed E-state index contributed by atoms with van der Waals surface area (Å²) in [7, 11) is 0. The molecule has 0 aromatic carbocycles. The molecule has 23 heavy (non-hydrogen) atoms. The third-order valence-corrected chi connectivity index (χ3v) is 5.51. The van der Waals surface area contributed by atoms with Crippen LogP contribution in [0, 0.1) is 12.8 Å². The number of carbonyl (C=O) groups is 1. The Morgan fingerprint density at radius 3 is 2.83 bits per heavy atom. The molecule has 1 saturated carbocycles. The van der Waals surface area contributed by atoms with E-state index in [0.717, 1.165) is 19.4 Å². The van der Waals surface area contributed by atoms with Gasteiger partial charge in [0.15, 0.2) is 0 Å². The number of carbonyl (C=O) groups excluding carboxylic acids is 1. The Balaban J connectivity index is 1.72. The number of aromatic nitrogens is 3. The van der Waals surface area contributed by atoms with Crippen molar-refractivity contribution in [1.29, 1.82) is 0 Å². The molecule has 2 aromatic rings. The van der Waals surface area contributed by atoms with Crippen LogP contribution in [0.5, 0.6) is 0 Å². The van der Waals surface area contributed by atoms with Crippen molar-refractivity contribution in [2.75, 3.05) is 0 Å². The van der Waals surface area contributed by atoms with Gasteiger partial charge in [0.2, 0.25) is 5.91 Å². The summed E-state index contributed by atoms with van der Waals surface area (Å²) >= 11 is 1.79. The third-order valence-electron chi connectivity index (χ3n) is 4.52. The second-order valence-corrected chi connectivity index (χ2v) is 7.81. The number of amides is 1. The first-order chi connectivity index (χ1) is 11.1. The van der Waals surface area contributed by atoms with Gasteiger partial charge in [-0.1, -0.05) is 19.8 Å². The van der Waals surface area contributed by atoms with Crippen LogP contribution in [0.25, 0.3) is 0 Å². The van der Waals surface area contributed by atoms with Gasteiger partial charge < -0.3 is 4.90 Å². The van der Waals surface area contributed by atoms with Gasteiger partial charge in [-0.05, 0) is 31.9 Å². The molecule has 1 aliphatic carbocycles. The molecule has 0 bridgehead atoms. The standard InChI is InChI=1S/C17H24N4OS/c1-13(9-20-12-18-11-19-20)17(22)21(15-5-3-4-6-15)10-16-8-7-14(2)23-16/h7-8,11-13,15H,3-6,9-10H2,1-2H3/t13-/m1/s1. The van der Waals surface area contributed by atoms with Crippen molar-refractivity contribution in [3.63, 3.8) is 0 Å². The zero-order valence-electron chi connectivity index (χ0n) is 13.8. The van der Waals surface area contributed by atoms with Crippen LogP contribution in [-0.4, -0.2) is 31.6 Å². The molecule has 0 unspecified atom stereocenters. The normalized spacial score (nSPS) is 16.6. The number of rotatable bonds is 6. The second-order valence-electron chi connectivity index (χ2n) is 6.44. The molecule has 3 rings (SSSR count). The van der Waals surface area contributed by atoms with Gasteiger partial charge in [-0.2, -0.15) is 5.10 Å².